The van der Waals surface area contributed by atoms with Gasteiger partial charge >= 0.3 is 0 Å². The van der Waals surface area contributed by atoms with Gasteiger partial charge in [0.25, 0.3) is 15.9 Å². The van der Waals surface area contributed by atoms with E-state index in [0.717, 1.165) is 23.4 Å². The first-order valence-electron chi connectivity index (χ1n) is 8.17. The van der Waals surface area contributed by atoms with Gasteiger partial charge in [-0.25, -0.2) is 13.4 Å². The number of carbonyl (C=O) groups is 1. The Bertz CT molecular complexity index is 1070. The summed E-state index contributed by atoms with van der Waals surface area (Å²) in [6, 6.07) is 11.4. The number of benzene rings is 2. The quantitative estimate of drug-likeness (QED) is 0.672. The van der Waals surface area contributed by atoms with Crippen molar-refractivity contribution < 1.29 is 13.2 Å². The van der Waals surface area contributed by atoms with Gasteiger partial charge < -0.3 is 4.57 Å². The standard InChI is InChI=1S/C18H20N4O3S/c1-4-22-13(3)19-16-11-14(7-10-17(16)22)18(23)20-21-26(24,25)15-8-5-12(2)6-9-15/h5-11,21H,4H2,1-3H3,(H,20,23). The van der Waals surface area contributed by atoms with Crippen LogP contribution in [0.5, 0.6) is 0 Å². The molecule has 0 aliphatic carbocycles. The van der Waals surface area contributed by atoms with Crippen LogP contribution in [0, 0.1) is 13.8 Å². The van der Waals surface area contributed by atoms with Crippen molar-refractivity contribution in [1.29, 1.82) is 0 Å². The van der Waals surface area contributed by atoms with Gasteiger partial charge in [-0.15, -0.1) is 4.83 Å². The Morgan fingerprint density at radius 1 is 1.12 bits per heavy atom. The molecule has 1 aromatic heterocycles. The van der Waals surface area contributed by atoms with E-state index in [1.165, 1.54) is 12.1 Å². The van der Waals surface area contributed by atoms with E-state index >= 15 is 0 Å². The summed E-state index contributed by atoms with van der Waals surface area (Å²) in [4.78, 5) is 18.9. The van der Waals surface area contributed by atoms with Crippen LogP contribution in [0.4, 0.5) is 0 Å². The minimum absolute atomic E-state index is 0.0798. The number of amides is 1. The topological polar surface area (TPSA) is 93.1 Å². The minimum atomic E-state index is -3.83. The predicted molar refractivity (Wildman–Crippen MR) is 99.1 cm³/mol. The van der Waals surface area contributed by atoms with Gasteiger partial charge in [-0.05, 0) is 51.1 Å². The van der Waals surface area contributed by atoms with Crippen molar-refractivity contribution >= 4 is 27.0 Å². The van der Waals surface area contributed by atoms with Crippen molar-refractivity contribution in [2.75, 3.05) is 0 Å². The maximum Gasteiger partial charge on any atom is 0.266 e. The minimum Gasteiger partial charge on any atom is -0.329 e. The second kappa shape index (κ2) is 6.89. The first kappa shape index (κ1) is 18.1. The molecule has 0 saturated carbocycles. The number of hydrazine groups is 1. The number of hydrogen-bond acceptors (Lipinski definition) is 4. The van der Waals surface area contributed by atoms with Gasteiger partial charge in [0, 0.05) is 12.1 Å². The predicted octanol–water partition coefficient (Wildman–Crippen LogP) is 2.30. The average Bonchev–Trinajstić information content (AvgIpc) is 2.94. The van der Waals surface area contributed by atoms with Crippen LogP contribution in [0.25, 0.3) is 11.0 Å². The first-order valence-corrected chi connectivity index (χ1v) is 9.66. The van der Waals surface area contributed by atoms with E-state index in [1.54, 1.807) is 24.3 Å². The van der Waals surface area contributed by atoms with Gasteiger partial charge in [-0.1, -0.05) is 17.7 Å². The molecule has 0 aliphatic heterocycles. The molecule has 0 saturated heterocycles. The van der Waals surface area contributed by atoms with E-state index in [4.69, 9.17) is 0 Å². The van der Waals surface area contributed by atoms with Crippen LogP contribution in [-0.4, -0.2) is 23.9 Å². The highest BCUT2D eigenvalue weighted by Crippen LogP contribution is 2.17. The molecular formula is C18H20N4O3S. The summed E-state index contributed by atoms with van der Waals surface area (Å²) in [5.74, 6) is 0.312. The molecule has 0 aliphatic rings. The second-order valence-electron chi connectivity index (χ2n) is 5.98. The summed E-state index contributed by atoms with van der Waals surface area (Å²) in [5.41, 5.74) is 5.14. The molecule has 3 rings (SSSR count). The number of nitrogens with one attached hydrogen (secondary N) is 2. The Morgan fingerprint density at radius 2 is 1.81 bits per heavy atom. The number of hydrogen-bond donors (Lipinski definition) is 2. The van der Waals surface area contributed by atoms with Gasteiger partial charge in [0.1, 0.15) is 5.82 Å². The van der Waals surface area contributed by atoms with Crippen LogP contribution in [0.1, 0.15) is 28.7 Å². The highest BCUT2D eigenvalue weighted by atomic mass is 32.2. The molecule has 0 atom stereocenters. The molecule has 1 amide bonds. The fourth-order valence-electron chi connectivity index (χ4n) is 2.75. The molecule has 0 unspecified atom stereocenters. The molecule has 7 nitrogen and oxygen atoms in total. The molecule has 3 aromatic rings. The summed E-state index contributed by atoms with van der Waals surface area (Å²) in [6.07, 6.45) is 0. The van der Waals surface area contributed by atoms with Gasteiger partial charge in [0.15, 0.2) is 0 Å². The zero-order chi connectivity index (χ0) is 18.9. The Morgan fingerprint density at radius 3 is 2.46 bits per heavy atom. The molecule has 2 aromatic carbocycles. The molecule has 26 heavy (non-hydrogen) atoms. The molecule has 136 valence electrons. The average molecular weight is 372 g/mol. The lowest BCUT2D eigenvalue weighted by Gasteiger charge is -2.09. The third-order valence-electron chi connectivity index (χ3n) is 4.15. The number of fused-ring (bicyclic) bond motifs is 1. The summed E-state index contributed by atoms with van der Waals surface area (Å²) in [7, 11) is -3.83. The van der Waals surface area contributed by atoms with E-state index in [9.17, 15) is 13.2 Å². The Labute approximate surface area is 152 Å². The van der Waals surface area contributed by atoms with Crippen LogP contribution in [0.15, 0.2) is 47.4 Å². The van der Waals surface area contributed by atoms with E-state index in [2.05, 4.69) is 15.2 Å². The highest BCUT2D eigenvalue weighted by Gasteiger charge is 2.16. The molecule has 0 fully saturated rings. The van der Waals surface area contributed by atoms with Crippen molar-refractivity contribution in [1.82, 2.24) is 19.8 Å². The zero-order valence-corrected chi connectivity index (χ0v) is 15.6. The van der Waals surface area contributed by atoms with Gasteiger partial charge in [0.05, 0.1) is 15.9 Å². The summed E-state index contributed by atoms with van der Waals surface area (Å²) < 4.78 is 26.5. The number of aromatic nitrogens is 2. The summed E-state index contributed by atoms with van der Waals surface area (Å²) >= 11 is 0. The van der Waals surface area contributed by atoms with E-state index in [1.807, 2.05) is 31.4 Å². The highest BCUT2D eigenvalue weighted by molar-refractivity contribution is 7.89. The summed E-state index contributed by atoms with van der Waals surface area (Å²) in [5, 5.41) is 0. The number of imidazole rings is 1. The monoisotopic (exact) mass is 372 g/mol. The third kappa shape index (κ3) is 3.47. The van der Waals surface area contributed by atoms with Gasteiger partial charge in [-0.2, -0.15) is 0 Å². The van der Waals surface area contributed by atoms with Crippen LogP contribution in [-0.2, 0) is 16.6 Å². The van der Waals surface area contributed by atoms with Crippen LogP contribution >= 0.6 is 0 Å². The fraction of sp³-hybridized carbons (Fsp3) is 0.222. The molecule has 0 spiro atoms. The van der Waals surface area contributed by atoms with Gasteiger partial charge in [0.2, 0.25) is 0 Å². The maximum absolute atomic E-state index is 12.3. The Balaban J connectivity index is 1.77. The smallest absolute Gasteiger partial charge is 0.266 e. The first-order chi connectivity index (χ1) is 12.3. The lowest BCUT2D eigenvalue weighted by Crippen LogP contribution is -2.41. The molecule has 1 heterocycles. The van der Waals surface area contributed by atoms with Gasteiger partial charge in [-0.3, -0.25) is 10.2 Å². The Kier molecular flexibility index (Phi) is 4.80. The zero-order valence-electron chi connectivity index (χ0n) is 14.8. The van der Waals surface area contributed by atoms with Crippen molar-refractivity contribution in [3.8, 4) is 0 Å². The second-order valence-corrected chi connectivity index (χ2v) is 7.66. The van der Waals surface area contributed by atoms with E-state index in [0.29, 0.717) is 11.1 Å². The number of nitrogens with zero attached hydrogens (tertiary/aromatic N) is 2. The number of aryl methyl sites for hydroxylation is 3. The normalized spacial score (nSPS) is 11.7. The van der Waals surface area contributed by atoms with Crippen molar-refractivity contribution in [2.24, 2.45) is 0 Å². The molecule has 2 N–H and O–H groups in total. The van der Waals surface area contributed by atoms with Crippen molar-refractivity contribution in [3.63, 3.8) is 0 Å². The van der Waals surface area contributed by atoms with E-state index < -0.39 is 15.9 Å². The molecule has 8 heteroatoms. The molecule has 0 bridgehead atoms. The SMILES string of the molecule is CCn1c(C)nc2cc(C(=O)NNS(=O)(=O)c3ccc(C)cc3)ccc21. The number of rotatable bonds is 5. The third-order valence-corrected chi connectivity index (χ3v) is 5.41. The van der Waals surface area contributed by atoms with E-state index in [-0.39, 0.29) is 4.90 Å². The lowest BCUT2D eigenvalue weighted by atomic mass is 10.2. The molecule has 0 radical (unpaired) electrons. The van der Waals surface area contributed by atoms with Crippen LogP contribution in [0.3, 0.4) is 0 Å². The largest absolute Gasteiger partial charge is 0.329 e. The molecular weight excluding hydrogens is 352 g/mol. The lowest BCUT2D eigenvalue weighted by molar-refractivity contribution is 0.0945. The van der Waals surface area contributed by atoms with Crippen LogP contribution < -0.4 is 10.3 Å². The Hall–Kier alpha value is -2.71. The van der Waals surface area contributed by atoms with Crippen molar-refractivity contribution in [3.05, 3.63) is 59.4 Å². The van der Waals surface area contributed by atoms with Crippen molar-refractivity contribution in [2.45, 2.75) is 32.2 Å². The fourth-order valence-corrected chi connectivity index (χ4v) is 3.59. The van der Waals surface area contributed by atoms with Crippen LogP contribution in [0.2, 0.25) is 0 Å². The maximum atomic E-state index is 12.3. The summed E-state index contributed by atoms with van der Waals surface area (Å²) in [6.45, 7) is 6.57. The number of sulfonamides is 1. The number of carbonyl (C=O) groups excluding carboxylic acids is 1.